The van der Waals surface area contributed by atoms with Crippen LogP contribution in [0, 0.1) is 6.92 Å². The number of benzene rings is 2. The molecule has 19 heavy (non-hydrogen) atoms. The van der Waals surface area contributed by atoms with Gasteiger partial charge in [0, 0.05) is 10.7 Å². The lowest BCUT2D eigenvalue weighted by Crippen LogP contribution is -2.17. The van der Waals surface area contributed by atoms with Crippen LogP contribution in [0.4, 0.5) is 5.69 Å². The zero-order valence-electron chi connectivity index (χ0n) is 10.4. The van der Waals surface area contributed by atoms with Crippen LogP contribution in [0.1, 0.15) is 16.5 Å². The summed E-state index contributed by atoms with van der Waals surface area (Å²) >= 11 is 12.1. The molecule has 4 heteroatoms. The summed E-state index contributed by atoms with van der Waals surface area (Å²) in [6.45, 7) is 1.91. The lowest BCUT2D eigenvalue weighted by Gasteiger charge is -2.11. The van der Waals surface area contributed by atoms with Gasteiger partial charge in [-0.25, -0.2) is 0 Å². The van der Waals surface area contributed by atoms with Crippen molar-refractivity contribution in [2.45, 2.75) is 12.3 Å². The molecule has 0 spiro atoms. The second-order valence-corrected chi connectivity index (χ2v) is 5.07. The summed E-state index contributed by atoms with van der Waals surface area (Å²) in [4.78, 5) is 12.0. The van der Waals surface area contributed by atoms with Crippen LogP contribution in [0.25, 0.3) is 0 Å². The number of alkyl halides is 1. The van der Waals surface area contributed by atoms with Gasteiger partial charge in [-0.15, -0.1) is 11.6 Å². The van der Waals surface area contributed by atoms with Crippen LogP contribution in [0.15, 0.2) is 48.5 Å². The molecule has 0 saturated heterocycles. The average Bonchev–Trinajstić information content (AvgIpc) is 2.43. The Morgan fingerprint density at radius 2 is 1.84 bits per heavy atom. The van der Waals surface area contributed by atoms with E-state index in [2.05, 4.69) is 5.32 Å². The van der Waals surface area contributed by atoms with E-state index in [-0.39, 0.29) is 5.91 Å². The first-order valence-corrected chi connectivity index (χ1v) is 6.65. The summed E-state index contributed by atoms with van der Waals surface area (Å²) in [5, 5.41) is 2.65. The Labute approximate surface area is 122 Å². The standard InChI is InChI=1S/C15H13Cl2NO/c1-10-7-8-12(9-13(10)16)18-15(19)14(17)11-5-3-2-4-6-11/h2-9,14H,1H3,(H,18,19)/t14-/m0/s1. The van der Waals surface area contributed by atoms with Crippen LogP contribution in [0.3, 0.4) is 0 Å². The van der Waals surface area contributed by atoms with Crippen LogP contribution in [-0.4, -0.2) is 5.91 Å². The molecule has 0 saturated carbocycles. The molecule has 0 heterocycles. The monoisotopic (exact) mass is 293 g/mol. The van der Waals surface area contributed by atoms with Crippen molar-refractivity contribution in [2.75, 3.05) is 5.32 Å². The largest absolute Gasteiger partial charge is 0.324 e. The van der Waals surface area contributed by atoms with Crippen LogP contribution >= 0.6 is 23.2 Å². The molecule has 2 aromatic carbocycles. The molecule has 0 bridgehead atoms. The number of nitrogens with one attached hydrogen (secondary N) is 1. The highest BCUT2D eigenvalue weighted by Gasteiger charge is 2.17. The third kappa shape index (κ3) is 3.49. The third-order valence-corrected chi connectivity index (χ3v) is 3.62. The Hall–Kier alpha value is -1.51. The summed E-state index contributed by atoms with van der Waals surface area (Å²) in [7, 11) is 0. The lowest BCUT2D eigenvalue weighted by molar-refractivity contribution is -0.116. The topological polar surface area (TPSA) is 29.1 Å². The second-order valence-electron chi connectivity index (χ2n) is 4.23. The van der Waals surface area contributed by atoms with Gasteiger partial charge < -0.3 is 5.32 Å². The number of rotatable bonds is 3. The molecule has 0 aliphatic carbocycles. The van der Waals surface area contributed by atoms with Crippen LogP contribution < -0.4 is 5.32 Å². The van der Waals surface area contributed by atoms with Crippen molar-refractivity contribution < 1.29 is 4.79 Å². The Morgan fingerprint density at radius 3 is 2.47 bits per heavy atom. The number of carbonyl (C=O) groups excluding carboxylic acids is 1. The fraction of sp³-hybridized carbons (Fsp3) is 0.133. The van der Waals surface area contributed by atoms with Gasteiger partial charge in [0.1, 0.15) is 5.38 Å². The maximum atomic E-state index is 12.0. The molecular formula is C15H13Cl2NO. The van der Waals surface area contributed by atoms with Crippen molar-refractivity contribution >= 4 is 34.8 Å². The molecule has 0 radical (unpaired) electrons. The van der Waals surface area contributed by atoms with Crippen molar-refractivity contribution in [3.63, 3.8) is 0 Å². The fourth-order valence-electron chi connectivity index (χ4n) is 1.65. The van der Waals surface area contributed by atoms with Crippen LogP contribution in [-0.2, 0) is 4.79 Å². The quantitative estimate of drug-likeness (QED) is 0.826. The number of anilines is 1. The van der Waals surface area contributed by atoms with Gasteiger partial charge in [-0.3, -0.25) is 4.79 Å². The van der Waals surface area contributed by atoms with Crippen LogP contribution in [0.2, 0.25) is 5.02 Å². The first-order valence-electron chi connectivity index (χ1n) is 5.84. The van der Waals surface area contributed by atoms with Crippen molar-refractivity contribution in [1.82, 2.24) is 0 Å². The number of aryl methyl sites for hydroxylation is 1. The smallest absolute Gasteiger partial charge is 0.246 e. The molecule has 2 rings (SSSR count). The second kappa shape index (κ2) is 6.09. The van der Waals surface area contributed by atoms with E-state index in [9.17, 15) is 4.79 Å². The van der Waals surface area contributed by atoms with E-state index >= 15 is 0 Å². The predicted octanol–water partition coefficient (Wildman–Crippen LogP) is 4.57. The van der Waals surface area contributed by atoms with E-state index in [1.807, 2.05) is 43.3 Å². The van der Waals surface area contributed by atoms with Gasteiger partial charge in [0.2, 0.25) is 5.91 Å². The summed E-state index contributed by atoms with van der Waals surface area (Å²) < 4.78 is 0. The zero-order chi connectivity index (χ0) is 13.8. The highest BCUT2D eigenvalue weighted by atomic mass is 35.5. The van der Waals surface area contributed by atoms with Gasteiger partial charge in [0.25, 0.3) is 0 Å². The van der Waals surface area contributed by atoms with Crippen molar-refractivity contribution in [3.05, 3.63) is 64.7 Å². The molecule has 1 amide bonds. The molecule has 1 atom stereocenters. The number of carbonyl (C=O) groups is 1. The minimum absolute atomic E-state index is 0.271. The molecular weight excluding hydrogens is 281 g/mol. The number of halogens is 2. The van der Waals surface area contributed by atoms with E-state index in [4.69, 9.17) is 23.2 Å². The fourth-order valence-corrected chi connectivity index (χ4v) is 2.03. The Balaban J connectivity index is 2.10. The van der Waals surface area contributed by atoms with Gasteiger partial charge in [-0.1, -0.05) is 48.0 Å². The highest BCUT2D eigenvalue weighted by molar-refractivity contribution is 6.33. The first-order chi connectivity index (χ1) is 9.08. The summed E-state index contributed by atoms with van der Waals surface area (Å²) in [6.07, 6.45) is 0. The molecule has 1 N–H and O–H groups in total. The predicted molar refractivity (Wildman–Crippen MR) is 79.9 cm³/mol. The van der Waals surface area contributed by atoms with Gasteiger partial charge >= 0.3 is 0 Å². The summed E-state index contributed by atoms with van der Waals surface area (Å²) in [5.41, 5.74) is 2.37. The maximum absolute atomic E-state index is 12.0. The number of amides is 1. The third-order valence-electron chi connectivity index (χ3n) is 2.76. The van der Waals surface area contributed by atoms with E-state index in [1.54, 1.807) is 12.1 Å². The first kappa shape index (κ1) is 13.9. The van der Waals surface area contributed by atoms with E-state index in [0.29, 0.717) is 10.7 Å². The minimum atomic E-state index is -0.721. The van der Waals surface area contributed by atoms with Crippen molar-refractivity contribution in [2.24, 2.45) is 0 Å². The Kier molecular flexibility index (Phi) is 4.46. The molecule has 0 aromatic heterocycles. The minimum Gasteiger partial charge on any atom is -0.324 e. The Morgan fingerprint density at radius 1 is 1.16 bits per heavy atom. The molecule has 0 aliphatic heterocycles. The highest BCUT2D eigenvalue weighted by Crippen LogP contribution is 2.24. The van der Waals surface area contributed by atoms with Crippen molar-refractivity contribution in [3.8, 4) is 0 Å². The Bertz CT molecular complexity index is 584. The normalized spacial score (nSPS) is 11.9. The summed E-state index contributed by atoms with van der Waals surface area (Å²) in [5.74, 6) is -0.271. The maximum Gasteiger partial charge on any atom is 0.246 e. The van der Waals surface area contributed by atoms with E-state index in [1.165, 1.54) is 0 Å². The lowest BCUT2D eigenvalue weighted by atomic mass is 10.1. The summed E-state index contributed by atoms with van der Waals surface area (Å²) in [6, 6.07) is 14.6. The molecule has 0 unspecified atom stereocenters. The van der Waals surface area contributed by atoms with Crippen LogP contribution in [0.5, 0.6) is 0 Å². The molecule has 0 fully saturated rings. The molecule has 98 valence electrons. The molecule has 2 nitrogen and oxygen atoms in total. The van der Waals surface area contributed by atoms with Crippen molar-refractivity contribution in [1.29, 1.82) is 0 Å². The number of hydrogen-bond donors (Lipinski definition) is 1. The van der Waals surface area contributed by atoms with E-state index in [0.717, 1.165) is 11.1 Å². The number of hydrogen-bond acceptors (Lipinski definition) is 1. The molecule has 2 aromatic rings. The van der Waals surface area contributed by atoms with Gasteiger partial charge in [-0.05, 0) is 30.2 Å². The molecule has 0 aliphatic rings. The van der Waals surface area contributed by atoms with E-state index < -0.39 is 5.38 Å². The SMILES string of the molecule is Cc1ccc(NC(=O)[C@@H](Cl)c2ccccc2)cc1Cl. The zero-order valence-corrected chi connectivity index (χ0v) is 11.9. The van der Waals surface area contributed by atoms with Gasteiger partial charge in [0.15, 0.2) is 0 Å². The van der Waals surface area contributed by atoms with Gasteiger partial charge in [-0.2, -0.15) is 0 Å². The van der Waals surface area contributed by atoms with Gasteiger partial charge in [0.05, 0.1) is 0 Å². The average molecular weight is 294 g/mol.